The van der Waals surface area contributed by atoms with E-state index in [0.29, 0.717) is 15.6 Å². The molecule has 1 aliphatic rings. The quantitative estimate of drug-likeness (QED) is 0.262. The van der Waals surface area contributed by atoms with E-state index in [0.717, 1.165) is 15.5 Å². The molecule has 0 saturated carbocycles. The lowest BCUT2D eigenvalue weighted by atomic mass is 9.95. The first-order chi connectivity index (χ1) is 13.5. The molecule has 1 aliphatic carbocycles. The second-order valence-corrected chi connectivity index (χ2v) is 8.02. The topological polar surface area (TPSA) is 47.0 Å². The van der Waals surface area contributed by atoms with Crippen LogP contribution in [-0.4, -0.2) is 16.6 Å². The summed E-state index contributed by atoms with van der Waals surface area (Å²) >= 11 is 6.32. The lowest BCUT2D eigenvalue weighted by molar-refractivity contribution is 0.0992. The molecule has 0 bridgehead atoms. The molecule has 1 aromatic heterocycles. The first-order valence-electron chi connectivity index (χ1n) is 8.53. The number of fused-ring (bicyclic) bond motifs is 3. The molecule has 28 heavy (non-hydrogen) atoms. The Bertz CT molecular complexity index is 1170. The summed E-state index contributed by atoms with van der Waals surface area (Å²) < 4.78 is 1.10. The number of ketones is 2. The van der Waals surface area contributed by atoms with Gasteiger partial charge in [-0.15, -0.1) is 0 Å². The van der Waals surface area contributed by atoms with Crippen LogP contribution in [0.1, 0.15) is 20.7 Å². The summed E-state index contributed by atoms with van der Waals surface area (Å²) in [6.45, 7) is 0. The van der Waals surface area contributed by atoms with Crippen LogP contribution in [0.4, 0.5) is 0 Å². The van der Waals surface area contributed by atoms with Crippen molar-refractivity contribution in [1.29, 1.82) is 0 Å². The van der Waals surface area contributed by atoms with Crippen molar-refractivity contribution in [2.75, 3.05) is 0 Å². The third kappa shape index (κ3) is 3.68. The predicted molar refractivity (Wildman–Crippen MR) is 119 cm³/mol. The number of nitrogens with zero attached hydrogens (tertiary/aromatic N) is 1. The Labute approximate surface area is 178 Å². The van der Waals surface area contributed by atoms with Gasteiger partial charge in [0.1, 0.15) is 0 Å². The van der Waals surface area contributed by atoms with Crippen LogP contribution < -0.4 is 0 Å². The first kappa shape index (κ1) is 18.7. The third-order valence-corrected chi connectivity index (χ3v) is 5.47. The molecule has 5 rings (SSSR count). The van der Waals surface area contributed by atoms with Gasteiger partial charge < -0.3 is 0 Å². The van der Waals surface area contributed by atoms with Gasteiger partial charge in [-0.3, -0.25) is 9.59 Å². The molecule has 3 nitrogen and oxygen atoms in total. The lowest BCUT2D eigenvalue weighted by Gasteiger charge is -2.11. The number of hydrogen-bond acceptors (Lipinski definition) is 3. The fourth-order valence-electron chi connectivity index (χ4n) is 3.03. The van der Waals surface area contributed by atoms with Crippen molar-refractivity contribution >= 4 is 65.2 Å². The van der Waals surface area contributed by atoms with Crippen LogP contribution in [0.25, 0.3) is 21.8 Å². The Morgan fingerprint density at radius 1 is 0.679 bits per heavy atom. The van der Waals surface area contributed by atoms with Gasteiger partial charge in [0.15, 0.2) is 5.78 Å². The average Bonchev–Trinajstić information content (AvgIpc) is 2.71. The zero-order chi connectivity index (χ0) is 19.7. The van der Waals surface area contributed by atoms with Gasteiger partial charge in [0.2, 0.25) is 5.78 Å². The van der Waals surface area contributed by atoms with Crippen molar-refractivity contribution in [2.24, 2.45) is 0 Å². The summed E-state index contributed by atoms with van der Waals surface area (Å²) in [4.78, 5) is 27.7. The van der Waals surface area contributed by atoms with Crippen molar-refractivity contribution in [1.82, 2.24) is 4.98 Å². The van der Waals surface area contributed by atoms with Gasteiger partial charge in [-0.05, 0) is 52.3 Å². The minimum Gasteiger partial charge on any atom is -0.289 e. The average molecular weight is 495 g/mol. The Balaban J connectivity index is 0.000000137. The van der Waals surface area contributed by atoms with Gasteiger partial charge in [0.25, 0.3) is 0 Å². The lowest BCUT2D eigenvalue weighted by Crippen LogP contribution is -2.14. The molecule has 1 heterocycles. The van der Waals surface area contributed by atoms with Gasteiger partial charge in [0, 0.05) is 32.4 Å². The van der Waals surface area contributed by atoms with Gasteiger partial charge in [0.05, 0.1) is 15.5 Å². The normalized spacial score (nSPS) is 13.0. The van der Waals surface area contributed by atoms with Crippen molar-refractivity contribution < 1.29 is 9.59 Å². The standard InChI is InChI=1S/C13H9N.C10H4Br2O2/c1-3-7-12-10(5-1)9-11-6-2-4-8-13(11)14-12;11-5-1-2-6-7(3-5)10(14)8(12)4-9(6)13/h1-9H;1-4H. The maximum atomic E-state index is 11.6. The smallest absolute Gasteiger partial charge is 0.200 e. The summed E-state index contributed by atoms with van der Waals surface area (Å²) in [5.41, 5.74) is 3.03. The molecule has 0 spiro atoms. The van der Waals surface area contributed by atoms with Gasteiger partial charge >= 0.3 is 0 Å². The summed E-state index contributed by atoms with van der Waals surface area (Å²) in [7, 11) is 0. The number of hydrogen-bond donors (Lipinski definition) is 0. The number of aromatic nitrogens is 1. The molecule has 5 heteroatoms. The number of carbonyl (C=O) groups excluding carboxylic acids is 2. The van der Waals surface area contributed by atoms with Gasteiger partial charge in [-0.2, -0.15) is 0 Å². The van der Waals surface area contributed by atoms with E-state index in [9.17, 15) is 9.59 Å². The number of benzene rings is 3. The van der Waals surface area contributed by atoms with E-state index in [-0.39, 0.29) is 11.6 Å². The molecule has 0 radical (unpaired) electrons. The summed E-state index contributed by atoms with van der Waals surface area (Å²) in [6, 6.07) is 23.6. The Morgan fingerprint density at radius 3 is 1.93 bits per heavy atom. The first-order valence-corrected chi connectivity index (χ1v) is 10.1. The van der Waals surface area contributed by atoms with Crippen molar-refractivity contribution in [3.63, 3.8) is 0 Å². The largest absolute Gasteiger partial charge is 0.289 e. The fraction of sp³-hybridized carbons (Fsp3) is 0. The van der Waals surface area contributed by atoms with Crippen LogP contribution in [0.15, 0.2) is 87.8 Å². The van der Waals surface area contributed by atoms with E-state index >= 15 is 0 Å². The van der Waals surface area contributed by atoms with E-state index in [1.807, 2.05) is 36.4 Å². The highest BCUT2D eigenvalue weighted by Crippen LogP contribution is 2.27. The van der Waals surface area contributed by atoms with Crippen LogP contribution in [0, 0.1) is 0 Å². The molecule has 0 amide bonds. The number of carbonyl (C=O) groups is 2. The van der Waals surface area contributed by atoms with E-state index in [2.05, 4.69) is 55.0 Å². The van der Waals surface area contributed by atoms with E-state index in [1.165, 1.54) is 16.8 Å². The second-order valence-electron chi connectivity index (χ2n) is 6.25. The highest BCUT2D eigenvalue weighted by atomic mass is 79.9. The third-order valence-electron chi connectivity index (χ3n) is 4.39. The van der Waals surface area contributed by atoms with Crippen LogP contribution in [0.3, 0.4) is 0 Å². The summed E-state index contributed by atoms with van der Waals surface area (Å²) in [6.07, 6.45) is 1.30. The van der Waals surface area contributed by atoms with Crippen LogP contribution in [0.5, 0.6) is 0 Å². The van der Waals surface area contributed by atoms with Crippen molar-refractivity contribution in [3.05, 3.63) is 99.0 Å². The molecule has 0 unspecified atom stereocenters. The molecule has 3 aromatic carbocycles. The maximum absolute atomic E-state index is 11.6. The highest BCUT2D eigenvalue weighted by molar-refractivity contribution is 9.12. The van der Waals surface area contributed by atoms with Crippen LogP contribution in [0.2, 0.25) is 0 Å². The number of para-hydroxylation sites is 2. The molecule has 0 fully saturated rings. The number of halogens is 2. The van der Waals surface area contributed by atoms with Gasteiger partial charge in [-0.1, -0.05) is 52.3 Å². The molecule has 0 atom stereocenters. The van der Waals surface area contributed by atoms with E-state index in [1.54, 1.807) is 18.2 Å². The van der Waals surface area contributed by atoms with Gasteiger partial charge in [-0.25, -0.2) is 4.98 Å². The number of pyridine rings is 1. The fourth-order valence-corrected chi connectivity index (χ4v) is 3.81. The summed E-state index contributed by atoms with van der Waals surface area (Å²) in [5, 5.41) is 2.40. The zero-order valence-corrected chi connectivity index (χ0v) is 17.7. The summed E-state index contributed by atoms with van der Waals surface area (Å²) in [5.74, 6) is -0.292. The molecule has 4 aromatic rings. The van der Waals surface area contributed by atoms with Crippen molar-refractivity contribution in [2.45, 2.75) is 0 Å². The number of rotatable bonds is 0. The van der Waals surface area contributed by atoms with E-state index < -0.39 is 0 Å². The predicted octanol–water partition coefficient (Wildman–Crippen LogP) is 6.49. The maximum Gasteiger partial charge on any atom is 0.200 e. The molecule has 136 valence electrons. The molecule has 0 N–H and O–H groups in total. The molecular formula is C23H13Br2NO2. The second kappa shape index (κ2) is 7.78. The SMILES string of the molecule is O=C1C=C(Br)C(=O)c2cc(Br)ccc21.c1ccc2nc3ccccc3cc2c1. The van der Waals surface area contributed by atoms with Crippen molar-refractivity contribution in [3.8, 4) is 0 Å². The Morgan fingerprint density at radius 2 is 1.29 bits per heavy atom. The Kier molecular flexibility index (Phi) is 5.20. The van der Waals surface area contributed by atoms with E-state index in [4.69, 9.17) is 0 Å². The highest BCUT2D eigenvalue weighted by Gasteiger charge is 2.23. The zero-order valence-electron chi connectivity index (χ0n) is 14.5. The Hall–Kier alpha value is -2.63. The minimum absolute atomic E-state index is 0.140. The molecule has 0 aliphatic heterocycles. The number of allylic oxidation sites excluding steroid dienone is 2. The number of Topliss-reactive ketones (excluding diaryl/α,β-unsaturated/α-hetero) is 1. The minimum atomic E-state index is -0.152. The van der Waals surface area contributed by atoms with Crippen LogP contribution >= 0.6 is 31.9 Å². The molecule has 0 saturated heterocycles. The molecular weight excluding hydrogens is 482 g/mol. The van der Waals surface area contributed by atoms with Crippen LogP contribution in [-0.2, 0) is 0 Å². The monoisotopic (exact) mass is 493 g/mol.